The molecule has 0 heterocycles. The average molecular weight is 379 g/mol. The Bertz CT molecular complexity index is 449. The molecular formula is C23H38O4. The van der Waals surface area contributed by atoms with Gasteiger partial charge in [-0.2, -0.15) is 0 Å². The van der Waals surface area contributed by atoms with Crippen LogP contribution in [0.5, 0.6) is 0 Å². The summed E-state index contributed by atoms with van der Waals surface area (Å²) in [5, 5.41) is 0. The lowest BCUT2D eigenvalue weighted by Gasteiger charge is -2.04. The molecule has 0 rings (SSSR count). The molecule has 4 heteroatoms. The van der Waals surface area contributed by atoms with Gasteiger partial charge in [0, 0.05) is 6.42 Å². The van der Waals surface area contributed by atoms with E-state index in [-0.39, 0.29) is 6.42 Å². The van der Waals surface area contributed by atoms with Crippen LogP contribution in [-0.2, 0) is 14.3 Å². The Morgan fingerprint density at radius 2 is 1.37 bits per heavy atom. The minimum absolute atomic E-state index is 0.280. The summed E-state index contributed by atoms with van der Waals surface area (Å²) >= 11 is 0. The van der Waals surface area contributed by atoms with Gasteiger partial charge in [-0.1, -0.05) is 76.0 Å². The molecule has 0 radical (unpaired) electrons. The summed E-state index contributed by atoms with van der Waals surface area (Å²) in [7, 11) is 0. The standard InChI is InChI=1S/C23H38O4/c1-3-5-7-8-9-10-11-12-13-14-15-16-17-18-19-20-22(24)27-23(25)26-21-6-4-2/h5,7,9-10,12-13H,3-4,6,8,11,14-21H2,1-2H3/b7-5-,10-9-,13-12-. The topological polar surface area (TPSA) is 52.6 Å². The highest BCUT2D eigenvalue weighted by atomic mass is 16.7. The van der Waals surface area contributed by atoms with Gasteiger partial charge in [0.15, 0.2) is 0 Å². The van der Waals surface area contributed by atoms with E-state index in [1.807, 2.05) is 6.92 Å². The number of carbonyl (C=O) groups excluding carboxylic acids is 2. The van der Waals surface area contributed by atoms with Crippen LogP contribution in [0.3, 0.4) is 0 Å². The summed E-state index contributed by atoms with van der Waals surface area (Å²) in [5.41, 5.74) is 0. The Morgan fingerprint density at radius 3 is 2.07 bits per heavy atom. The normalized spacial score (nSPS) is 11.6. The Kier molecular flexibility index (Phi) is 19.1. The van der Waals surface area contributed by atoms with Gasteiger partial charge in [-0.05, 0) is 44.9 Å². The highest BCUT2D eigenvalue weighted by molar-refractivity contribution is 5.81. The van der Waals surface area contributed by atoms with Crippen molar-refractivity contribution in [2.75, 3.05) is 6.61 Å². The lowest BCUT2D eigenvalue weighted by Crippen LogP contribution is -2.14. The highest BCUT2D eigenvalue weighted by Crippen LogP contribution is 2.09. The van der Waals surface area contributed by atoms with E-state index in [1.54, 1.807) is 0 Å². The number of carbonyl (C=O) groups is 2. The largest absolute Gasteiger partial charge is 0.516 e. The number of rotatable bonds is 16. The first-order valence-corrected chi connectivity index (χ1v) is 10.5. The maximum absolute atomic E-state index is 11.5. The Labute approximate surface area is 165 Å². The number of allylic oxidation sites excluding steroid dienone is 6. The van der Waals surface area contributed by atoms with Gasteiger partial charge in [-0.25, -0.2) is 4.79 Å². The van der Waals surface area contributed by atoms with E-state index < -0.39 is 12.1 Å². The molecule has 0 aliphatic rings. The molecule has 0 aromatic rings. The molecule has 0 aliphatic carbocycles. The fourth-order valence-electron chi connectivity index (χ4n) is 2.36. The van der Waals surface area contributed by atoms with Gasteiger partial charge in [0.25, 0.3) is 0 Å². The number of hydrogen-bond acceptors (Lipinski definition) is 4. The lowest BCUT2D eigenvalue weighted by atomic mass is 10.1. The summed E-state index contributed by atoms with van der Waals surface area (Å²) in [6, 6.07) is 0. The van der Waals surface area contributed by atoms with Gasteiger partial charge < -0.3 is 9.47 Å². The number of esters is 1. The van der Waals surface area contributed by atoms with Crippen LogP contribution in [0.2, 0.25) is 0 Å². The van der Waals surface area contributed by atoms with Crippen molar-refractivity contribution in [2.45, 2.75) is 90.9 Å². The lowest BCUT2D eigenvalue weighted by molar-refractivity contribution is -0.139. The predicted molar refractivity (Wildman–Crippen MR) is 112 cm³/mol. The zero-order valence-corrected chi connectivity index (χ0v) is 17.3. The molecule has 0 bridgehead atoms. The van der Waals surface area contributed by atoms with Crippen molar-refractivity contribution in [2.24, 2.45) is 0 Å². The molecule has 0 amide bonds. The summed E-state index contributed by atoms with van der Waals surface area (Å²) in [4.78, 5) is 22.7. The van der Waals surface area contributed by atoms with Gasteiger partial charge in [0.2, 0.25) is 0 Å². The van der Waals surface area contributed by atoms with Crippen LogP contribution in [0.4, 0.5) is 4.79 Å². The van der Waals surface area contributed by atoms with E-state index in [9.17, 15) is 9.59 Å². The van der Waals surface area contributed by atoms with Crippen LogP contribution in [0.25, 0.3) is 0 Å². The molecule has 0 unspecified atom stereocenters. The van der Waals surface area contributed by atoms with Crippen LogP contribution < -0.4 is 0 Å². The number of ether oxygens (including phenoxy) is 2. The van der Waals surface area contributed by atoms with Crippen LogP contribution in [0.1, 0.15) is 90.9 Å². The van der Waals surface area contributed by atoms with Gasteiger partial charge in [0.1, 0.15) is 0 Å². The molecule has 0 atom stereocenters. The molecule has 0 spiro atoms. The van der Waals surface area contributed by atoms with Gasteiger partial charge in [-0.15, -0.1) is 0 Å². The van der Waals surface area contributed by atoms with E-state index in [2.05, 4.69) is 48.1 Å². The molecular weight excluding hydrogens is 340 g/mol. The molecule has 154 valence electrons. The third-order valence-corrected chi connectivity index (χ3v) is 3.95. The summed E-state index contributed by atoms with van der Waals surface area (Å²) in [6.45, 7) is 4.45. The first kappa shape index (κ1) is 25.2. The first-order chi connectivity index (χ1) is 13.2. The fraction of sp³-hybridized carbons (Fsp3) is 0.652. The van der Waals surface area contributed by atoms with Gasteiger partial charge in [-0.3, -0.25) is 4.79 Å². The van der Waals surface area contributed by atoms with Crippen molar-refractivity contribution in [3.8, 4) is 0 Å². The quantitative estimate of drug-likeness (QED) is 0.125. The molecule has 0 N–H and O–H groups in total. The molecule has 4 nitrogen and oxygen atoms in total. The minimum atomic E-state index is -0.868. The number of unbranched alkanes of at least 4 members (excludes halogenated alkanes) is 6. The molecule has 0 saturated heterocycles. The maximum atomic E-state index is 11.5. The molecule has 0 fully saturated rings. The van der Waals surface area contributed by atoms with Crippen molar-refractivity contribution in [1.82, 2.24) is 0 Å². The first-order valence-electron chi connectivity index (χ1n) is 10.5. The van der Waals surface area contributed by atoms with E-state index in [0.29, 0.717) is 6.61 Å². The molecule has 0 aromatic heterocycles. The van der Waals surface area contributed by atoms with E-state index in [0.717, 1.165) is 64.2 Å². The van der Waals surface area contributed by atoms with Gasteiger partial charge >= 0.3 is 12.1 Å². The zero-order valence-electron chi connectivity index (χ0n) is 17.3. The molecule has 0 aromatic carbocycles. The van der Waals surface area contributed by atoms with Crippen LogP contribution in [0, 0.1) is 0 Å². The minimum Gasteiger partial charge on any atom is -0.434 e. The second-order valence-corrected chi connectivity index (χ2v) is 6.53. The fourth-order valence-corrected chi connectivity index (χ4v) is 2.36. The van der Waals surface area contributed by atoms with Crippen molar-refractivity contribution in [1.29, 1.82) is 0 Å². The Balaban J connectivity index is 3.41. The van der Waals surface area contributed by atoms with E-state index >= 15 is 0 Å². The Morgan fingerprint density at radius 1 is 0.741 bits per heavy atom. The number of hydrogen-bond donors (Lipinski definition) is 0. The van der Waals surface area contributed by atoms with E-state index in [1.165, 1.54) is 6.42 Å². The second kappa shape index (κ2) is 20.5. The predicted octanol–water partition coefficient (Wildman–Crippen LogP) is 7.06. The average Bonchev–Trinajstić information content (AvgIpc) is 2.65. The van der Waals surface area contributed by atoms with Crippen molar-refractivity contribution in [3.05, 3.63) is 36.5 Å². The van der Waals surface area contributed by atoms with E-state index in [4.69, 9.17) is 4.74 Å². The maximum Gasteiger partial charge on any atom is 0.516 e. The van der Waals surface area contributed by atoms with Crippen LogP contribution in [0.15, 0.2) is 36.5 Å². The third kappa shape index (κ3) is 20.3. The summed E-state index contributed by atoms with van der Waals surface area (Å²) < 4.78 is 9.38. The Hall–Kier alpha value is -1.84. The van der Waals surface area contributed by atoms with Crippen LogP contribution >= 0.6 is 0 Å². The molecule has 27 heavy (non-hydrogen) atoms. The SMILES string of the molecule is CC/C=C\C/C=C\C/C=C\CCCCCCCC(=O)OC(=O)OCCCC. The van der Waals surface area contributed by atoms with Crippen molar-refractivity contribution in [3.63, 3.8) is 0 Å². The zero-order chi connectivity index (χ0) is 20.0. The molecule has 0 aliphatic heterocycles. The van der Waals surface area contributed by atoms with Crippen LogP contribution in [-0.4, -0.2) is 18.7 Å². The van der Waals surface area contributed by atoms with Crippen molar-refractivity contribution >= 4 is 12.1 Å². The smallest absolute Gasteiger partial charge is 0.434 e. The monoisotopic (exact) mass is 378 g/mol. The van der Waals surface area contributed by atoms with Crippen molar-refractivity contribution < 1.29 is 19.1 Å². The molecule has 0 saturated carbocycles. The second-order valence-electron chi connectivity index (χ2n) is 6.53. The summed E-state index contributed by atoms with van der Waals surface area (Å²) in [5.74, 6) is -0.488. The highest BCUT2D eigenvalue weighted by Gasteiger charge is 2.10. The van der Waals surface area contributed by atoms with Gasteiger partial charge in [0.05, 0.1) is 6.61 Å². The summed E-state index contributed by atoms with van der Waals surface area (Å²) in [6.07, 6.45) is 23.8. The third-order valence-electron chi connectivity index (χ3n) is 3.95.